The molecule has 3 rings (SSSR count). The Morgan fingerprint density at radius 2 is 2.47 bits per heavy atom. The summed E-state index contributed by atoms with van der Waals surface area (Å²) in [6.45, 7) is 0. The van der Waals surface area contributed by atoms with E-state index in [2.05, 4.69) is 21.3 Å². The molecule has 3 atom stereocenters. The lowest BCUT2D eigenvalue weighted by atomic mass is 9.89. The zero-order chi connectivity index (χ0) is 10.3. The Morgan fingerprint density at radius 1 is 1.53 bits per heavy atom. The van der Waals surface area contributed by atoms with Crippen LogP contribution >= 0.6 is 0 Å². The van der Waals surface area contributed by atoms with E-state index in [1.807, 2.05) is 0 Å². The van der Waals surface area contributed by atoms with Gasteiger partial charge in [0.1, 0.15) is 5.82 Å². The van der Waals surface area contributed by atoms with E-state index >= 15 is 0 Å². The van der Waals surface area contributed by atoms with E-state index in [0.29, 0.717) is 30.4 Å². The molecule has 0 amide bonds. The molecule has 0 radical (unpaired) electrons. The molecule has 0 aromatic carbocycles. The van der Waals surface area contributed by atoms with Crippen LogP contribution in [0.3, 0.4) is 0 Å². The number of H-pyrrole nitrogens is 1. The van der Waals surface area contributed by atoms with Crippen molar-refractivity contribution in [1.29, 1.82) is 5.26 Å². The summed E-state index contributed by atoms with van der Waals surface area (Å²) >= 11 is 0. The summed E-state index contributed by atoms with van der Waals surface area (Å²) in [7, 11) is 0. The van der Waals surface area contributed by atoms with E-state index in [9.17, 15) is 0 Å². The van der Waals surface area contributed by atoms with Crippen LogP contribution in [0.25, 0.3) is 0 Å². The lowest BCUT2D eigenvalue weighted by Gasteiger charge is -2.14. The lowest BCUT2D eigenvalue weighted by Crippen LogP contribution is -2.15. The first-order valence-corrected chi connectivity index (χ1v) is 5.30. The summed E-state index contributed by atoms with van der Waals surface area (Å²) < 4.78 is 5.75. The maximum atomic E-state index is 8.54. The number of aromatic amines is 1. The van der Waals surface area contributed by atoms with E-state index in [1.54, 1.807) is 0 Å². The molecule has 0 spiro atoms. The fraction of sp³-hybridized carbons (Fsp3) is 0.700. The molecule has 2 saturated heterocycles. The molecule has 1 aromatic heterocycles. The number of nitriles is 1. The maximum absolute atomic E-state index is 8.54. The quantitative estimate of drug-likeness (QED) is 0.776. The van der Waals surface area contributed by atoms with Gasteiger partial charge in [0, 0.05) is 5.92 Å². The predicted octanol–water partition coefficient (Wildman–Crippen LogP) is 0.906. The average Bonchev–Trinajstić information content (AvgIpc) is 2.91. The van der Waals surface area contributed by atoms with Crippen LogP contribution in [-0.2, 0) is 11.2 Å². The molecular weight excluding hydrogens is 192 g/mol. The van der Waals surface area contributed by atoms with E-state index in [0.717, 1.165) is 18.7 Å². The second-order valence-corrected chi connectivity index (χ2v) is 4.19. The van der Waals surface area contributed by atoms with Gasteiger partial charge >= 0.3 is 0 Å². The van der Waals surface area contributed by atoms with Crippen molar-refractivity contribution >= 4 is 0 Å². The lowest BCUT2D eigenvalue weighted by molar-refractivity contribution is 0.0999. The highest BCUT2D eigenvalue weighted by atomic mass is 16.5. The van der Waals surface area contributed by atoms with Crippen LogP contribution in [0, 0.1) is 11.3 Å². The first-order valence-electron chi connectivity index (χ1n) is 5.30. The maximum Gasteiger partial charge on any atom is 0.156 e. The predicted molar refractivity (Wildman–Crippen MR) is 51.0 cm³/mol. The standard InChI is InChI=1S/C10H12N4O/c11-4-3-9-12-10(14-13-9)7-5-6-1-2-8(7)15-6/h6-8H,1-3,5H2,(H,12,13,14). The minimum Gasteiger partial charge on any atom is -0.374 e. The Hall–Kier alpha value is -1.41. The Morgan fingerprint density at radius 3 is 3.13 bits per heavy atom. The van der Waals surface area contributed by atoms with Crippen LogP contribution in [0.1, 0.15) is 36.8 Å². The molecule has 2 bridgehead atoms. The van der Waals surface area contributed by atoms with Gasteiger partial charge in [0.2, 0.25) is 0 Å². The van der Waals surface area contributed by atoms with Crippen LogP contribution in [0.2, 0.25) is 0 Å². The van der Waals surface area contributed by atoms with Gasteiger partial charge in [0.25, 0.3) is 0 Å². The zero-order valence-corrected chi connectivity index (χ0v) is 8.31. The fourth-order valence-electron chi connectivity index (χ4n) is 2.54. The number of hydrogen-bond acceptors (Lipinski definition) is 4. The summed E-state index contributed by atoms with van der Waals surface area (Å²) in [4.78, 5) is 4.33. The minimum atomic E-state index is 0.300. The molecule has 2 aliphatic heterocycles. The normalized spacial score (nSPS) is 33.1. The number of fused-ring (bicyclic) bond motifs is 2. The van der Waals surface area contributed by atoms with Crippen LogP contribution in [0.15, 0.2) is 0 Å². The number of aromatic nitrogens is 3. The van der Waals surface area contributed by atoms with Gasteiger partial charge < -0.3 is 4.74 Å². The molecule has 2 fully saturated rings. The number of ether oxygens (including phenoxy) is 1. The molecule has 0 saturated carbocycles. The minimum absolute atomic E-state index is 0.300. The van der Waals surface area contributed by atoms with Crippen LogP contribution in [0.5, 0.6) is 0 Å². The first-order chi connectivity index (χ1) is 7.36. The summed E-state index contributed by atoms with van der Waals surface area (Å²) in [5.74, 6) is 1.83. The smallest absolute Gasteiger partial charge is 0.156 e. The van der Waals surface area contributed by atoms with Crippen molar-refractivity contribution in [2.45, 2.75) is 43.8 Å². The van der Waals surface area contributed by atoms with Gasteiger partial charge in [-0.25, -0.2) is 4.98 Å². The van der Waals surface area contributed by atoms with Crippen molar-refractivity contribution in [1.82, 2.24) is 15.2 Å². The molecule has 1 aromatic rings. The second-order valence-electron chi connectivity index (χ2n) is 4.19. The molecular formula is C10H12N4O. The average molecular weight is 204 g/mol. The van der Waals surface area contributed by atoms with Crippen molar-refractivity contribution in [3.05, 3.63) is 11.6 Å². The molecule has 5 heteroatoms. The molecule has 3 heterocycles. The van der Waals surface area contributed by atoms with Gasteiger partial charge in [-0.1, -0.05) is 0 Å². The summed E-state index contributed by atoms with van der Waals surface area (Å²) in [5, 5.41) is 15.5. The largest absolute Gasteiger partial charge is 0.374 e. The Bertz CT molecular complexity index is 408. The van der Waals surface area contributed by atoms with Gasteiger partial charge in [0.05, 0.1) is 24.7 Å². The Kier molecular flexibility index (Phi) is 1.96. The van der Waals surface area contributed by atoms with Crippen LogP contribution in [0.4, 0.5) is 0 Å². The molecule has 78 valence electrons. The number of hydrogen-bond donors (Lipinski definition) is 1. The van der Waals surface area contributed by atoms with Crippen molar-refractivity contribution in [3.8, 4) is 6.07 Å². The Balaban J connectivity index is 1.79. The van der Waals surface area contributed by atoms with E-state index in [1.165, 1.54) is 6.42 Å². The van der Waals surface area contributed by atoms with Gasteiger partial charge in [-0.3, -0.25) is 5.10 Å². The van der Waals surface area contributed by atoms with Crippen molar-refractivity contribution in [2.75, 3.05) is 0 Å². The molecule has 2 aliphatic rings. The Labute approximate surface area is 87.5 Å². The van der Waals surface area contributed by atoms with Gasteiger partial charge in [-0.2, -0.15) is 10.4 Å². The second kappa shape index (κ2) is 3.31. The third kappa shape index (κ3) is 1.41. The topological polar surface area (TPSA) is 74.6 Å². The van der Waals surface area contributed by atoms with Crippen molar-refractivity contribution in [3.63, 3.8) is 0 Å². The molecule has 5 nitrogen and oxygen atoms in total. The number of nitrogens with zero attached hydrogens (tertiary/aromatic N) is 3. The van der Waals surface area contributed by atoms with E-state index in [-0.39, 0.29) is 0 Å². The summed E-state index contributed by atoms with van der Waals surface area (Å²) in [5.41, 5.74) is 0. The van der Waals surface area contributed by atoms with Crippen LogP contribution < -0.4 is 0 Å². The van der Waals surface area contributed by atoms with E-state index < -0.39 is 0 Å². The zero-order valence-electron chi connectivity index (χ0n) is 8.31. The van der Waals surface area contributed by atoms with Crippen LogP contribution in [-0.4, -0.2) is 27.4 Å². The highest BCUT2D eigenvalue weighted by Crippen LogP contribution is 2.43. The van der Waals surface area contributed by atoms with Gasteiger partial charge in [-0.05, 0) is 19.3 Å². The molecule has 0 aliphatic carbocycles. The van der Waals surface area contributed by atoms with Crippen molar-refractivity contribution < 1.29 is 4.74 Å². The first kappa shape index (κ1) is 8.86. The molecule has 15 heavy (non-hydrogen) atoms. The van der Waals surface area contributed by atoms with Crippen molar-refractivity contribution in [2.24, 2.45) is 0 Å². The van der Waals surface area contributed by atoms with Gasteiger partial charge in [-0.15, -0.1) is 0 Å². The SMILES string of the molecule is N#CCc1nc(C2CC3CCC2O3)n[nH]1. The monoisotopic (exact) mass is 204 g/mol. The third-order valence-corrected chi connectivity index (χ3v) is 3.23. The molecule has 3 unspecified atom stereocenters. The van der Waals surface area contributed by atoms with Gasteiger partial charge in [0.15, 0.2) is 5.82 Å². The third-order valence-electron chi connectivity index (χ3n) is 3.23. The summed E-state index contributed by atoms with van der Waals surface area (Å²) in [6.07, 6.45) is 4.36. The number of rotatable bonds is 2. The summed E-state index contributed by atoms with van der Waals surface area (Å²) in [6, 6.07) is 2.06. The number of nitrogens with one attached hydrogen (secondary N) is 1. The molecule has 1 N–H and O–H groups in total. The highest BCUT2D eigenvalue weighted by molar-refractivity contribution is 5.08. The fourth-order valence-corrected chi connectivity index (χ4v) is 2.54. The van der Waals surface area contributed by atoms with E-state index in [4.69, 9.17) is 10.00 Å². The highest BCUT2D eigenvalue weighted by Gasteiger charge is 2.43.